The molecule has 1 aliphatic heterocycles. The van der Waals surface area contributed by atoms with Crippen LogP contribution in [0.1, 0.15) is 0 Å². The summed E-state index contributed by atoms with van der Waals surface area (Å²) in [6.07, 6.45) is 6.32. The lowest BCUT2D eigenvalue weighted by molar-refractivity contribution is -0.0638. The Morgan fingerprint density at radius 3 is 2.62 bits per heavy atom. The van der Waals surface area contributed by atoms with Crippen molar-refractivity contribution in [1.29, 1.82) is 0 Å². The zero-order valence-electron chi connectivity index (χ0n) is 4.36. The molecule has 0 aromatic heterocycles. The van der Waals surface area contributed by atoms with Gasteiger partial charge in [0, 0.05) is 6.20 Å². The van der Waals surface area contributed by atoms with Crippen LogP contribution >= 0.6 is 0 Å². The van der Waals surface area contributed by atoms with Crippen LogP contribution in [0.5, 0.6) is 0 Å². The Balaban J connectivity index is 2.59. The first-order valence-corrected chi connectivity index (χ1v) is 2.38. The van der Waals surface area contributed by atoms with E-state index in [0.717, 1.165) is 5.06 Å². The van der Waals surface area contributed by atoms with Crippen LogP contribution in [0.25, 0.3) is 0 Å². The second-order valence-electron chi connectivity index (χ2n) is 1.60. The Morgan fingerprint density at radius 1 is 1.50 bits per heavy atom. The molecule has 1 heterocycles. The van der Waals surface area contributed by atoms with Crippen LogP contribution < -0.4 is 5.73 Å². The quantitative estimate of drug-likeness (QED) is 0.465. The fraction of sp³-hybridized carbons (Fsp3) is 0.200. The third-order valence-corrected chi connectivity index (χ3v) is 0.964. The minimum atomic E-state index is -0.375. The van der Waals surface area contributed by atoms with Crippen LogP contribution in [0.3, 0.4) is 0 Å². The van der Waals surface area contributed by atoms with E-state index in [1.54, 1.807) is 18.2 Å². The van der Waals surface area contributed by atoms with Crippen LogP contribution in [0.15, 0.2) is 24.4 Å². The van der Waals surface area contributed by atoms with E-state index >= 15 is 0 Å². The average Bonchev–Trinajstić information content (AvgIpc) is 1.77. The number of nitrogens with two attached hydrogens (primary N) is 1. The van der Waals surface area contributed by atoms with Gasteiger partial charge >= 0.3 is 0 Å². The first-order valence-electron chi connectivity index (χ1n) is 2.38. The molecular formula is C5H8N2O. The summed E-state index contributed by atoms with van der Waals surface area (Å²) in [5, 5.41) is 9.69. The van der Waals surface area contributed by atoms with Gasteiger partial charge in [0.05, 0.1) is 0 Å². The van der Waals surface area contributed by atoms with Gasteiger partial charge in [0.2, 0.25) is 0 Å². The Morgan fingerprint density at radius 2 is 2.25 bits per heavy atom. The smallest absolute Gasteiger partial charge is 0.122 e. The van der Waals surface area contributed by atoms with Gasteiger partial charge in [0.25, 0.3) is 0 Å². The number of hydroxylamine groups is 2. The minimum absolute atomic E-state index is 0.375. The molecule has 0 aromatic rings. The van der Waals surface area contributed by atoms with E-state index in [2.05, 4.69) is 0 Å². The van der Waals surface area contributed by atoms with Crippen LogP contribution in [-0.4, -0.2) is 16.4 Å². The Labute approximate surface area is 47.7 Å². The van der Waals surface area contributed by atoms with Crippen molar-refractivity contribution < 1.29 is 5.21 Å². The normalized spacial score (nSPS) is 26.8. The third-order valence-electron chi connectivity index (χ3n) is 0.964. The SMILES string of the molecule is NC1C=CC=CN1O. The highest BCUT2D eigenvalue weighted by Crippen LogP contribution is 1.97. The topological polar surface area (TPSA) is 49.5 Å². The van der Waals surface area contributed by atoms with E-state index in [9.17, 15) is 0 Å². The zero-order valence-corrected chi connectivity index (χ0v) is 4.36. The number of nitrogens with zero attached hydrogens (tertiary/aromatic N) is 1. The summed E-state index contributed by atoms with van der Waals surface area (Å²) in [5.41, 5.74) is 5.32. The predicted octanol–water partition coefficient (Wildman–Crippen LogP) is 0.0459. The molecule has 1 unspecified atom stereocenters. The van der Waals surface area contributed by atoms with Gasteiger partial charge in [-0.15, -0.1) is 0 Å². The molecule has 44 valence electrons. The molecule has 0 saturated heterocycles. The molecule has 8 heavy (non-hydrogen) atoms. The molecule has 0 radical (unpaired) electrons. The van der Waals surface area contributed by atoms with Crippen molar-refractivity contribution in [3.8, 4) is 0 Å². The second-order valence-corrected chi connectivity index (χ2v) is 1.60. The van der Waals surface area contributed by atoms with Gasteiger partial charge in [-0.1, -0.05) is 6.08 Å². The summed E-state index contributed by atoms with van der Waals surface area (Å²) in [7, 11) is 0. The van der Waals surface area contributed by atoms with Crippen molar-refractivity contribution in [3.05, 3.63) is 24.4 Å². The largest absolute Gasteiger partial charge is 0.306 e. The summed E-state index contributed by atoms with van der Waals surface area (Å²) >= 11 is 0. The van der Waals surface area contributed by atoms with Crippen molar-refractivity contribution in [2.24, 2.45) is 5.73 Å². The predicted molar refractivity (Wildman–Crippen MR) is 29.9 cm³/mol. The summed E-state index contributed by atoms with van der Waals surface area (Å²) < 4.78 is 0. The molecule has 1 rings (SSSR count). The summed E-state index contributed by atoms with van der Waals surface area (Å²) in [4.78, 5) is 0. The van der Waals surface area contributed by atoms with Crippen molar-refractivity contribution in [3.63, 3.8) is 0 Å². The lowest BCUT2D eigenvalue weighted by atomic mass is 10.3. The van der Waals surface area contributed by atoms with E-state index < -0.39 is 0 Å². The number of allylic oxidation sites excluding steroid dienone is 2. The molecule has 0 saturated carbocycles. The maximum atomic E-state index is 8.75. The zero-order chi connectivity index (χ0) is 5.98. The Kier molecular flexibility index (Phi) is 1.32. The monoisotopic (exact) mass is 112 g/mol. The maximum Gasteiger partial charge on any atom is 0.122 e. The van der Waals surface area contributed by atoms with Gasteiger partial charge in [0.1, 0.15) is 6.17 Å². The Bertz CT molecular complexity index is 114. The lowest BCUT2D eigenvalue weighted by Crippen LogP contribution is -2.34. The van der Waals surface area contributed by atoms with E-state index in [0.29, 0.717) is 0 Å². The maximum absolute atomic E-state index is 8.75. The highest BCUT2D eigenvalue weighted by Gasteiger charge is 2.03. The number of hydrogen-bond donors (Lipinski definition) is 2. The molecule has 0 bridgehead atoms. The molecule has 1 aliphatic rings. The molecule has 3 heteroatoms. The lowest BCUT2D eigenvalue weighted by Gasteiger charge is -2.18. The average molecular weight is 112 g/mol. The van der Waals surface area contributed by atoms with Gasteiger partial charge in [0.15, 0.2) is 0 Å². The summed E-state index contributed by atoms with van der Waals surface area (Å²) in [6.45, 7) is 0. The molecule has 0 spiro atoms. The fourth-order valence-corrected chi connectivity index (χ4v) is 0.503. The van der Waals surface area contributed by atoms with Gasteiger partial charge in [-0.2, -0.15) is 0 Å². The number of rotatable bonds is 0. The Hall–Kier alpha value is -0.800. The van der Waals surface area contributed by atoms with Gasteiger partial charge in [-0.3, -0.25) is 5.21 Å². The molecule has 0 aliphatic carbocycles. The third kappa shape index (κ3) is 0.882. The van der Waals surface area contributed by atoms with Crippen LogP contribution in [-0.2, 0) is 0 Å². The minimum Gasteiger partial charge on any atom is -0.306 e. The van der Waals surface area contributed by atoms with E-state index in [1.165, 1.54) is 6.20 Å². The van der Waals surface area contributed by atoms with Gasteiger partial charge in [-0.05, 0) is 12.2 Å². The first-order chi connectivity index (χ1) is 3.80. The van der Waals surface area contributed by atoms with Crippen LogP contribution in [0.2, 0.25) is 0 Å². The molecule has 0 amide bonds. The molecule has 1 atom stereocenters. The molecule has 3 N–H and O–H groups in total. The van der Waals surface area contributed by atoms with Crippen LogP contribution in [0, 0.1) is 0 Å². The molecule has 0 aromatic carbocycles. The highest BCUT2D eigenvalue weighted by atomic mass is 16.5. The molecule has 3 nitrogen and oxygen atoms in total. The number of hydrogen-bond acceptors (Lipinski definition) is 3. The van der Waals surface area contributed by atoms with Crippen molar-refractivity contribution in [2.45, 2.75) is 6.17 Å². The second kappa shape index (κ2) is 1.98. The van der Waals surface area contributed by atoms with Gasteiger partial charge in [-0.25, -0.2) is 5.06 Å². The van der Waals surface area contributed by atoms with Gasteiger partial charge < -0.3 is 5.73 Å². The summed E-state index contributed by atoms with van der Waals surface area (Å²) in [6, 6.07) is 0. The van der Waals surface area contributed by atoms with Crippen molar-refractivity contribution in [1.82, 2.24) is 5.06 Å². The van der Waals surface area contributed by atoms with E-state index in [-0.39, 0.29) is 6.17 Å². The van der Waals surface area contributed by atoms with Crippen LogP contribution in [0.4, 0.5) is 0 Å². The molecule has 0 fully saturated rings. The highest BCUT2D eigenvalue weighted by molar-refractivity contribution is 5.09. The fourth-order valence-electron chi connectivity index (χ4n) is 0.503. The van der Waals surface area contributed by atoms with Crippen molar-refractivity contribution in [2.75, 3.05) is 0 Å². The first kappa shape index (κ1) is 5.34. The summed E-state index contributed by atoms with van der Waals surface area (Å²) in [5.74, 6) is 0. The molecular weight excluding hydrogens is 104 g/mol. The van der Waals surface area contributed by atoms with E-state index in [4.69, 9.17) is 10.9 Å². The standard InChI is InChI=1S/C5H8N2O/c6-5-3-1-2-4-7(5)8/h1-5,8H,6H2. The van der Waals surface area contributed by atoms with E-state index in [1.807, 2.05) is 0 Å². The van der Waals surface area contributed by atoms with Crippen molar-refractivity contribution >= 4 is 0 Å².